The van der Waals surface area contributed by atoms with Crippen molar-refractivity contribution < 1.29 is 42.9 Å². The van der Waals surface area contributed by atoms with Crippen LogP contribution in [0.5, 0.6) is 11.5 Å². The first-order chi connectivity index (χ1) is 40.1. The summed E-state index contributed by atoms with van der Waals surface area (Å²) in [5.74, 6) is 1.30. The van der Waals surface area contributed by atoms with Crippen molar-refractivity contribution in [1.29, 1.82) is 0 Å². The second-order valence-electron chi connectivity index (χ2n) is 20.2. The second kappa shape index (κ2) is 33.3. The van der Waals surface area contributed by atoms with Crippen LogP contribution < -0.4 is 30.7 Å². The number of aromatic nitrogens is 4. The molecule has 2 aliphatic rings. The van der Waals surface area contributed by atoms with E-state index in [2.05, 4.69) is 57.4 Å². The number of thiazole rings is 1. The van der Waals surface area contributed by atoms with E-state index >= 15 is 0 Å². The highest BCUT2D eigenvalue weighted by atomic mass is 79.9. The van der Waals surface area contributed by atoms with Crippen LogP contribution in [0.1, 0.15) is 66.2 Å². The minimum absolute atomic E-state index is 0.0226. The summed E-state index contributed by atoms with van der Waals surface area (Å²) in [7, 11) is 2.05. The van der Waals surface area contributed by atoms with Gasteiger partial charge in [0.2, 0.25) is 17.7 Å². The number of anilines is 2. The number of carbonyl (C=O) groups excluding carboxylic acids is 4. The number of nitrogens with zero attached hydrogens (tertiary/aromatic N) is 7. The number of nitrogens with one attached hydrogen (secondary N) is 4. The predicted octanol–water partition coefficient (Wildman–Crippen LogP) is 7.56. The summed E-state index contributed by atoms with van der Waals surface area (Å²) in [6.45, 7) is 9.68. The van der Waals surface area contributed by atoms with Crippen molar-refractivity contribution in [3.05, 3.63) is 147 Å². The number of benzene rings is 4. The molecule has 0 unspecified atom stereocenters. The lowest BCUT2D eigenvalue weighted by Gasteiger charge is -2.32. The van der Waals surface area contributed by atoms with E-state index < -0.39 is 12.1 Å². The largest absolute Gasteiger partial charge is 0.494 e. The molecule has 4 N–H and O–H groups in total. The Morgan fingerprint density at radius 2 is 1.43 bits per heavy atom. The quantitative estimate of drug-likeness (QED) is 0.0283. The van der Waals surface area contributed by atoms with Crippen LogP contribution in [0, 0.1) is 0 Å². The number of urea groups is 1. The Labute approximate surface area is 492 Å². The fraction of sp³-hybridized carbons (Fsp3) is 0.450. The lowest BCUT2D eigenvalue weighted by atomic mass is 10.0. The van der Waals surface area contributed by atoms with Crippen LogP contribution in [0.4, 0.5) is 15.6 Å². The highest BCUT2D eigenvalue weighted by molar-refractivity contribution is 9.10. The third-order valence-corrected chi connectivity index (χ3v) is 15.1. The van der Waals surface area contributed by atoms with Gasteiger partial charge in [0.25, 0.3) is 0 Å². The zero-order valence-electron chi connectivity index (χ0n) is 46.7. The summed E-state index contributed by atoms with van der Waals surface area (Å²) in [6, 6.07) is 31.4. The van der Waals surface area contributed by atoms with E-state index in [9.17, 15) is 19.2 Å². The number of likely N-dealkylation sites (N-methyl/N-ethyl adjacent to an activating group) is 1. The Morgan fingerprint density at radius 3 is 2.18 bits per heavy atom. The third kappa shape index (κ3) is 21.2. The molecule has 3 heterocycles. The maximum Gasteiger partial charge on any atom is 0.325 e. The molecule has 4 aromatic carbocycles. The van der Waals surface area contributed by atoms with Crippen LogP contribution >= 0.6 is 27.3 Å². The Balaban J connectivity index is 0.589. The van der Waals surface area contributed by atoms with Crippen LogP contribution in [-0.2, 0) is 60.9 Å². The van der Waals surface area contributed by atoms with Gasteiger partial charge < -0.3 is 54.3 Å². The maximum atomic E-state index is 13.9. The monoisotopic (exact) mass is 1210 g/mol. The summed E-state index contributed by atoms with van der Waals surface area (Å²) in [5, 5.41) is 22.7. The first-order valence-electron chi connectivity index (χ1n) is 28.3. The summed E-state index contributed by atoms with van der Waals surface area (Å²) in [4.78, 5) is 63.2. The number of ether oxygens (including phenoxy) is 5. The van der Waals surface area contributed by atoms with Gasteiger partial charge in [0.15, 0.2) is 5.13 Å². The third-order valence-electron chi connectivity index (χ3n) is 13.7. The smallest absolute Gasteiger partial charge is 0.325 e. The molecule has 2 aromatic heterocycles. The molecule has 6 aromatic rings. The van der Waals surface area contributed by atoms with Crippen molar-refractivity contribution in [1.82, 2.24) is 45.3 Å². The summed E-state index contributed by atoms with van der Waals surface area (Å²) in [5.41, 5.74) is 4.93. The molecule has 8 rings (SSSR count). The number of aryl methyl sites for hydroxylation is 1. The molecule has 20 nitrogen and oxygen atoms in total. The molecule has 1 atom stereocenters. The van der Waals surface area contributed by atoms with Crippen LogP contribution in [0.15, 0.2) is 119 Å². The van der Waals surface area contributed by atoms with Crippen molar-refractivity contribution in [3.63, 3.8) is 0 Å². The number of unbranched alkanes of at least 4 members (excludes halogenated alkanes) is 1. The predicted molar refractivity (Wildman–Crippen MR) is 318 cm³/mol. The van der Waals surface area contributed by atoms with E-state index in [1.807, 2.05) is 102 Å². The number of rotatable bonds is 35. The average molecular weight is 1210 g/mol. The van der Waals surface area contributed by atoms with Gasteiger partial charge in [-0.25, -0.2) is 14.5 Å². The maximum absolute atomic E-state index is 13.9. The molecular formula is C60H76BrN11O9S. The van der Waals surface area contributed by atoms with Crippen LogP contribution in [0.3, 0.4) is 0 Å². The molecule has 82 heavy (non-hydrogen) atoms. The average Bonchev–Trinajstić information content (AvgIpc) is 4.24. The number of halogens is 1. The topological polar surface area (TPSA) is 216 Å². The van der Waals surface area contributed by atoms with Crippen molar-refractivity contribution in [3.8, 4) is 11.5 Å². The van der Waals surface area contributed by atoms with Gasteiger partial charge in [-0.15, -0.1) is 16.4 Å². The Kier molecular flexibility index (Phi) is 24.9. The molecule has 22 heteroatoms. The van der Waals surface area contributed by atoms with Gasteiger partial charge in [0, 0.05) is 79.9 Å². The molecular weight excluding hydrogens is 1130 g/mol. The Bertz CT molecular complexity index is 2870. The van der Waals surface area contributed by atoms with Gasteiger partial charge in [0.1, 0.15) is 24.1 Å². The van der Waals surface area contributed by atoms with E-state index in [-0.39, 0.29) is 30.2 Å². The Morgan fingerprint density at radius 1 is 0.720 bits per heavy atom. The molecule has 1 aliphatic carbocycles. The van der Waals surface area contributed by atoms with Crippen molar-refractivity contribution in [2.75, 3.05) is 110 Å². The fourth-order valence-corrected chi connectivity index (χ4v) is 9.99. The number of carbonyl (C=O) groups is 4. The molecule has 1 aliphatic heterocycles. The molecule has 0 bridgehead atoms. The van der Waals surface area contributed by atoms with Gasteiger partial charge in [-0.05, 0) is 111 Å². The zero-order chi connectivity index (χ0) is 57.1. The normalized spacial score (nSPS) is 13.8. The van der Waals surface area contributed by atoms with Crippen LogP contribution in [-0.4, -0.2) is 164 Å². The van der Waals surface area contributed by atoms with Crippen molar-refractivity contribution in [2.24, 2.45) is 0 Å². The zero-order valence-corrected chi connectivity index (χ0v) is 49.1. The van der Waals surface area contributed by atoms with E-state index in [4.69, 9.17) is 23.7 Å². The lowest BCUT2D eigenvalue weighted by molar-refractivity contribution is -0.141. The molecule has 438 valence electrons. The first-order valence-corrected chi connectivity index (χ1v) is 29.9. The summed E-state index contributed by atoms with van der Waals surface area (Å²) < 4.78 is 31.7. The first kappa shape index (κ1) is 61.3. The van der Waals surface area contributed by atoms with Crippen LogP contribution in [0.2, 0.25) is 0 Å². The van der Waals surface area contributed by atoms with Gasteiger partial charge in [-0.1, -0.05) is 75.7 Å². The Hall–Kier alpha value is -6.79. The van der Waals surface area contributed by atoms with Gasteiger partial charge in [-0.2, -0.15) is 0 Å². The molecule has 5 amide bonds. The summed E-state index contributed by atoms with van der Waals surface area (Å²) in [6.07, 6.45) is 7.31. The summed E-state index contributed by atoms with van der Waals surface area (Å²) >= 11 is 4.79. The highest BCUT2D eigenvalue weighted by Crippen LogP contribution is 2.36. The van der Waals surface area contributed by atoms with Gasteiger partial charge >= 0.3 is 6.03 Å². The lowest BCUT2D eigenvalue weighted by Crippen LogP contribution is -2.47. The molecule has 0 spiro atoms. The standard InChI is InChI=1S/C60H76BrN11O9S/c1-69-28-30-70(31-29-69)56(74)41-51-44-82-60(65-51)66-59(76)64-49-16-22-54(23-17-49)81-40-39-79-36-32-71-43-50(67-68-71)25-34-77-37-38-78-35-27-62-26-5-6-33-80-53-20-9-45(10-21-53)11-24-55(73)72(52-18-19-52)57(47-12-14-48(61)15-13-47)58(75)63-42-46-7-3-2-4-8-46/h2-4,7-10,12-17,20-23,43-44,52,57,62H,5-6,11,18-19,24-42H2,1H3,(H,63,75)(H2,64,65,66,76)/t57-/m1/s1. The molecule has 1 saturated heterocycles. The molecule has 1 saturated carbocycles. The fourth-order valence-electron chi connectivity index (χ4n) is 9.02. The SMILES string of the molecule is CN1CCN(C(=O)Cc2csc(NC(=O)Nc3ccc(OCCOCCn4cc(CCOCCOCCNCCCCOc5ccc(CCC(=O)N(C6CC6)[C@@H](C(=O)NCc6ccccc6)c6ccc(Br)cc6)cc5)nn4)cc3)n2)CC1. The highest BCUT2D eigenvalue weighted by Gasteiger charge is 2.41. The number of amides is 5. The number of hydrogen-bond donors (Lipinski definition) is 4. The van der Waals surface area contributed by atoms with Gasteiger partial charge in [0.05, 0.1) is 70.6 Å². The van der Waals surface area contributed by atoms with Crippen LogP contribution in [0.25, 0.3) is 0 Å². The van der Waals surface area contributed by atoms with Gasteiger partial charge in [-0.3, -0.25) is 19.7 Å². The molecule has 0 radical (unpaired) electrons. The van der Waals surface area contributed by atoms with E-state index in [1.165, 1.54) is 11.3 Å². The van der Waals surface area contributed by atoms with Crippen molar-refractivity contribution in [2.45, 2.75) is 76.5 Å². The van der Waals surface area contributed by atoms with E-state index in [0.29, 0.717) is 121 Å². The molecule has 2 fully saturated rings. The minimum atomic E-state index is -0.706. The minimum Gasteiger partial charge on any atom is -0.494 e. The second-order valence-corrected chi connectivity index (χ2v) is 21.9. The number of hydrogen-bond acceptors (Lipinski definition) is 15. The van der Waals surface area contributed by atoms with E-state index in [0.717, 1.165) is 84.5 Å². The number of piperazine rings is 1. The van der Waals surface area contributed by atoms with E-state index in [1.54, 1.807) is 34.3 Å². The van der Waals surface area contributed by atoms with Crippen molar-refractivity contribution >= 4 is 61.8 Å².